The van der Waals surface area contributed by atoms with Crippen LogP contribution >= 0.6 is 0 Å². The van der Waals surface area contributed by atoms with E-state index in [1.165, 1.54) is 0 Å². The number of amides is 1. The number of hydrogen-bond donors (Lipinski definition) is 1. The van der Waals surface area contributed by atoms with Crippen LogP contribution in [0.25, 0.3) is 0 Å². The molecule has 96 valence electrons. The van der Waals surface area contributed by atoms with Gasteiger partial charge in [-0.3, -0.25) is 4.79 Å². The average molecular weight is 246 g/mol. The lowest BCUT2D eigenvalue weighted by molar-refractivity contribution is 0.0763. The molecule has 18 heavy (non-hydrogen) atoms. The lowest BCUT2D eigenvalue weighted by atomic mass is 10.1. The molecular formula is C14H18N2O2. The Balaban J connectivity index is 2.29. The summed E-state index contributed by atoms with van der Waals surface area (Å²) >= 11 is 0. The second-order valence-electron chi connectivity index (χ2n) is 4.40. The highest BCUT2D eigenvalue weighted by molar-refractivity contribution is 6.00. The molecule has 0 heterocycles. The summed E-state index contributed by atoms with van der Waals surface area (Å²) in [6, 6.07) is 5.60. The van der Waals surface area contributed by atoms with Gasteiger partial charge in [-0.15, -0.1) is 6.58 Å². The number of para-hydroxylation sites is 1. The van der Waals surface area contributed by atoms with Crippen molar-refractivity contribution < 1.29 is 9.53 Å². The van der Waals surface area contributed by atoms with Crippen LogP contribution in [-0.4, -0.2) is 30.5 Å². The number of nitrogen functional groups attached to an aromatic ring is 1. The molecule has 1 aliphatic carbocycles. The van der Waals surface area contributed by atoms with Crippen molar-refractivity contribution in [1.82, 2.24) is 4.90 Å². The molecule has 4 heteroatoms. The van der Waals surface area contributed by atoms with Crippen molar-refractivity contribution in [2.75, 3.05) is 19.4 Å². The maximum atomic E-state index is 12.4. The minimum absolute atomic E-state index is 0.0474. The van der Waals surface area contributed by atoms with Gasteiger partial charge in [0.05, 0.1) is 18.4 Å². The van der Waals surface area contributed by atoms with Crippen LogP contribution in [0.1, 0.15) is 23.2 Å². The fraction of sp³-hybridized carbons (Fsp3) is 0.357. The van der Waals surface area contributed by atoms with Gasteiger partial charge in [0.25, 0.3) is 5.91 Å². The Hall–Kier alpha value is -1.97. The largest absolute Gasteiger partial charge is 0.495 e. The van der Waals surface area contributed by atoms with E-state index in [0.29, 0.717) is 29.6 Å². The van der Waals surface area contributed by atoms with Gasteiger partial charge in [-0.2, -0.15) is 0 Å². The molecule has 1 saturated carbocycles. The second kappa shape index (κ2) is 5.12. The van der Waals surface area contributed by atoms with Crippen LogP contribution in [0.15, 0.2) is 30.9 Å². The number of nitrogens with two attached hydrogens (primary N) is 1. The van der Waals surface area contributed by atoms with Crippen LogP contribution < -0.4 is 10.5 Å². The molecule has 0 aliphatic heterocycles. The first-order valence-electron chi connectivity index (χ1n) is 6.03. The van der Waals surface area contributed by atoms with Crippen molar-refractivity contribution >= 4 is 11.6 Å². The highest BCUT2D eigenvalue weighted by atomic mass is 16.5. The Kier molecular flexibility index (Phi) is 3.55. The summed E-state index contributed by atoms with van der Waals surface area (Å²) in [6.07, 6.45) is 3.86. The third-order valence-corrected chi connectivity index (χ3v) is 3.09. The zero-order valence-electron chi connectivity index (χ0n) is 10.6. The van der Waals surface area contributed by atoms with Gasteiger partial charge in [0.15, 0.2) is 0 Å². The van der Waals surface area contributed by atoms with E-state index in [1.54, 1.807) is 31.4 Å². The summed E-state index contributed by atoms with van der Waals surface area (Å²) in [5, 5.41) is 0. The number of hydrogen-bond acceptors (Lipinski definition) is 3. The number of carbonyl (C=O) groups excluding carboxylic acids is 1. The van der Waals surface area contributed by atoms with E-state index < -0.39 is 0 Å². The minimum Gasteiger partial charge on any atom is -0.495 e. The van der Waals surface area contributed by atoms with Crippen LogP contribution in [0.5, 0.6) is 5.75 Å². The summed E-state index contributed by atoms with van der Waals surface area (Å²) < 4.78 is 5.14. The number of ether oxygens (including phenoxy) is 1. The van der Waals surface area contributed by atoms with Crippen molar-refractivity contribution in [2.45, 2.75) is 18.9 Å². The quantitative estimate of drug-likeness (QED) is 0.639. The zero-order chi connectivity index (χ0) is 13.1. The van der Waals surface area contributed by atoms with Gasteiger partial charge in [0.2, 0.25) is 0 Å². The Morgan fingerprint density at radius 3 is 2.89 bits per heavy atom. The van der Waals surface area contributed by atoms with Crippen molar-refractivity contribution in [3.05, 3.63) is 36.4 Å². The molecule has 0 radical (unpaired) electrons. The van der Waals surface area contributed by atoms with Crippen LogP contribution in [-0.2, 0) is 0 Å². The number of carbonyl (C=O) groups is 1. The van der Waals surface area contributed by atoms with Gasteiger partial charge in [-0.1, -0.05) is 12.1 Å². The zero-order valence-corrected chi connectivity index (χ0v) is 10.6. The Morgan fingerprint density at radius 1 is 1.61 bits per heavy atom. The fourth-order valence-corrected chi connectivity index (χ4v) is 1.99. The summed E-state index contributed by atoms with van der Waals surface area (Å²) in [5.41, 5.74) is 6.86. The molecule has 1 fully saturated rings. The predicted molar refractivity (Wildman–Crippen MR) is 71.7 cm³/mol. The number of benzene rings is 1. The molecule has 0 unspecified atom stereocenters. The normalized spacial score (nSPS) is 14.1. The third-order valence-electron chi connectivity index (χ3n) is 3.09. The monoisotopic (exact) mass is 246 g/mol. The standard InChI is InChI=1S/C14H18N2O2/c1-3-9-16(10-7-8-10)14(17)11-5-4-6-12(18-2)13(11)15/h3-6,10H,1,7-9,15H2,2H3. The molecule has 1 aromatic rings. The molecule has 0 atom stereocenters. The second-order valence-corrected chi connectivity index (χ2v) is 4.40. The molecule has 4 nitrogen and oxygen atoms in total. The van der Waals surface area contributed by atoms with Gasteiger partial charge in [0.1, 0.15) is 5.75 Å². The highest BCUT2D eigenvalue weighted by Gasteiger charge is 2.33. The van der Waals surface area contributed by atoms with E-state index in [-0.39, 0.29) is 5.91 Å². The Bertz CT molecular complexity index is 467. The number of anilines is 1. The molecule has 1 amide bonds. The van der Waals surface area contributed by atoms with Crippen LogP contribution in [0.4, 0.5) is 5.69 Å². The van der Waals surface area contributed by atoms with Crippen molar-refractivity contribution in [1.29, 1.82) is 0 Å². The smallest absolute Gasteiger partial charge is 0.256 e. The van der Waals surface area contributed by atoms with Gasteiger partial charge in [-0.05, 0) is 25.0 Å². The number of nitrogens with zero attached hydrogens (tertiary/aromatic N) is 1. The molecule has 0 spiro atoms. The first-order chi connectivity index (χ1) is 8.69. The van der Waals surface area contributed by atoms with E-state index in [4.69, 9.17) is 10.5 Å². The van der Waals surface area contributed by atoms with E-state index in [2.05, 4.69) is 6.58 Å². The van der Waals surface area contributed by atoms with E-state index in [0.717, 1.165) is 12.8 Å². The molecule has 1 aromatic carbocycles. The first-order valence-corrected chi connectivity index (χ1v) is 6.03. The van der Waals surface area contributed by atoms with E-state index in [9.17, 15) is 4.79 Å². The lowest BCUT2D eigenvalue weighted by Crippen LogP contribution is -2.33. The molecule has 2 rings (SSSR count). The van der Waals surface area contributed by atoms with Crippen molar-refractivity contribution in [3.8, 4) is 5.75 Å². The summed E-state index contributed by atoms with van der Waals surface area (Å²) in [5.74, 6) is 0.490. The summed E-state index contributed by atoms with van der Waals surface area (Å²) in [6.45, 7) is 4.25. The molecule has 2 N–H and O–H groups in total. The van der Waals surface area contributed by atoms with Crippen molar-refractivity contribution in [2.24, 2.45) is 0 Å². The first kappa shape index (κ1) is 12.5. The molecule has 0 aromatic heterocycles. The van der Waals surface area contributed by atoms with Gasteiger partial charge >= 0.3 is 0 Å². The van der Waals surface area contributed by atoms with E-state index in [1.807, 2.05) is 4.90 Å². The van der Waals surface area contributed by atoms with Gasteiger partial charge < -0.3 is 15.4 Å². The van der Waals surface area contributed by atoms with Gasteiger partial charge in [-0.25, -0.2) is 0 Å². The maximum absolute atomic E-state index is 12.4. The Labute approximate surface area is 107 Å². The number of methoxy groups -OCH3 is 1. The minimum atomic E-state index is -0.0474. The molecule has 1 aliphatic rings. The Morgan fingerprint density at radius 2 is 2.33 bits per heavy atom. The highest BCUT2D eigenvalue weighted by Crippen LogP contribution is 2.31. The van der Waals surface area contributed by atoms with E-state index >= 15 is 0 Å². The topological polar surface area (TPSA) is 55.6 Å². The maximum Gasteiger partial charge on any atom is 0.256 e. The van der Waals surface area contributed by atoms with Crippen LogP contribution in [0.3, 0.4) is 0 Å². The molecule has 0 saturated heterocycles. The summed E-state index contributed by atoms with van der Waals surface area (Å²) in [7, 11) is 1.54. The molecule has 0 bridgehead atoms. The predicted octanol–water partition coefficient (Wildman–Crippen LogP) is 2.07. The van der Waals surface area contributed by atoms with Crippen molar-refractivity contribution in [3.63, 3.8) is 0 Å². The third kappa shape index (κ3) is 2.32. The fourth-order valence-electron chi connectivity index (χ4n) is 1.99. The molecular weight excluding hydrogens is 228 g/mol. The number of rotatable bonds is 5. The lowest BCUT2D eigenvalue weighted by Gasteiger charge is -2.22. The SMILES string of the molecule is C=CCN(C(=O)c1cccc(OC)c1N)C1CC1. The van der Waals surface area contributed by atoms with Crippen LogP contribution in [0, 0.1) is 0 Å². The van der Waals surface area contributed by atoms with Gasteiger partial charge in [0, 0.05) is 12.6 Å². The summed E-state index contributed by atoms with van der Waals surface area (Å²) in [4.78, 5) is 14.3. The average Bonchev–Trinajstić information content (AvgIpc) is 3.20. The van der Waals surface area contributed by atoms with Crippen LogP contribution in [0.2, 0.25) is 0 Å².